The monoisotopic (exact) mass is 247 g/mol. The number of esters is 1. The molecular weight excluding hydrogens is 234 g/mol. The van der Waals surface area contributed by atoms with Crippen molar-refractivity contribution in [3.63, 3.8) is 0 Å². The molecule has 1 amide bonds. The standard InChI is InChI=1S/C13H13NO4/c1-3-12(16)14-11(13(17)18-2)8-9-4-6-10(15)7-5-9/h1,4-7,11,15H,8H2,2H3,(H,14,16)/t11-/m0/s1. The second-order valence-electron chi connectivity index (χ2n) is 3.56. The highest BCUT2D eigenvalue weighted by Crippen LogP contribution is 2.11. The van der Waals surface area contributed by atoms with Crippen LogP contribution in [0.1, 0.15) is 5.56 Å². The van der Waals surface area contributed by atoms with Crippen molar-refractivity contribution < 1.29 is 19.4 Å². The molecule has 18 heavy (non-hydrogen) atoms. The topological polar surface area (TPSA) is 75.6 Å². The average Bonchev–Trinajstić information content (AvgIpc) is 2.39. The zero-order chi connectivity index (χ0) is 13.5. The first-order valence-corrected chi connectivity index (χ1v) is 5.19. The summed E-state index contributed by atoms with van der Waals surface area (Å²) in [6, 6.07) is 5.43. The van der Waals surface area contributed by atoms with Crippen molar-refractivity contribution in [1.82, 2.24) is 5.32 Å². The number of hydrogen-bond donors (Lipinski definition) is 2. The molecule has 0 aromatic heterocycles. The number of terminal acetylenes is 1. The third kappa shape index (κ3) is 3.83. The minimum absolute atomic E-state index is 0.126. The molecule has 1 aromatic carbocycles. The number of amides is 1. The Kier molecular flexibility index (Phi) is 4.76. The molecule has 0 aliphatic rings. The first-order chi connectivity index (χ1) is 8.56. The quantitative estimate of drug-likeness (QED) is 0.589. The molecule has 0 unspecified atom stereocenters. The second kappa shape index (κ2) is 6.30. The van der Waals surface area contributed by atoms with Crippen LogP contribution in [0.5, 0.6) is 5.75 Å². The maximum absolute atomic E-state index is 11.5. The van der Waals surface area contributed by atoms with E-state index in [0.29, 0.717) is 0 Å². The summed E-state index contributed by atoms with van der Waals surface area (Å²) in [5.41, 5.74) is 0.764. The van der Waals surface area contributed by atoms with Gasteiger partial charge in [0.05, 0.1) is 7.11 Å². The van der Waals surface area contributed by atoms with Gasteiger partial charge < -0.3 is 15.2 Å². The highest BCUT2D eigenvalue weighted by Gasteiger charge is 2.21. The summed E-state index contributed by atoms with van der Waals surface area (Å²) in [7, 11) is 1.23. The highest BCUT2D eigenvalue weighted by atomic mass is 16.5. The van der Waals surface area contributed by atoms with Gasteiger partial charge in [-0.25, -0.2) is 4.79 Å². The van der Waals surface area contributed by atoms with Gasteiger partial charge in [-0.2, -0.15) is 0 Å². The molecule has 0 aliphatic carbocycles. The third-order valence-corrected chi connectivity index (χ3v) is 2.30. The summed E-state index contributed by atoms with van der Waals surface area (Å²) in [6.45, 7) is 0. The Bertz CT molecular complexity index is 473. The van der Waals surface area contributed by atoms with Crippen LogP contribution < -0.4 is 5.32 Å². The Morgan fingerprint density at radius 3 is 2.56 bits per heavy atom. The molecular formula is C13H13NO4. The summed E-state index contributed by atoms with van der Waals surface area (Å²) in [5.74, 6) is 0.744. The normalized spacial score (nSPS) is 11.1. The minimum Gasteiger partial charge on any atom is -0.508 e. The van der Waals surface area contributed by atoms with E-state index in [1.54, 1.807) is 12.1 Å². The molecule has 1 atom stereocenters. The number of methoxy groups -OCH3 is 1. The summed E-state index contributed by atoms with van der Waals surface area (Å²) in [5, 5.41) is 11.5. The fourth-order valence-electron chi connectivity index (χ4n) is 1.40. The minimum atomic E-state index is -0.844. The Labute approximate surface area is 105 Å². The average molecular weight is 247 g/mol. The van der Waals surface area contributed by atoms with E-state index in [4.69, 9.17) is 11.5 Å². The summed E-state index contributed by atoms with van der Waals surface area (Å²) < 4.78 is 4.58. The smallest absolute Gasteiger partial charge is 0.328 e. The van der Waals surface area contributed by atoms with E-state index in [9.17, 15) is 9.59 Å². The molecule has 1 rings (SSSR count). The van der Waals surface area contributed by atoms with Crippen molar-refractivity contribution in [2.24, 2.45) is 0 Å². The van der Waals surface area contributed by atoms with Crippen molar-refractivity contribution >= 4 is 11.9 Å². The summed E-state index contributed by atoms with van der Waals surface area (Å²) >= 11 is 0. The Morgan fingerprint density at radius 1 is 1.44 bits per heavy atom. The summed E-state index contributed by atoms with van der Waals surface area (Å²) in [4.78, 5) is 22.6. The van der Waals surface area contributed by atoms with Gasteiger partial charge in [0, 0.05) is 6.42 Å². The van der Waals surface area contributed by atoms with Gasteiger partial charge >= 0.3 is 5.97 Å². The molecule has 0 spiro atoms. The van der Waals surface area contributed by atoms with Crippen molar-refractivity contribution in [1.29, 1.82) is 0 Å². The lowest BCUT2D eigenvalue weighted by atomic mass is 10.1. The molecule has 94 valence electrons. The SMILES string of the molecule is C#CC(=O)N[C@@H](Cc1ccc(O)cc1)C(=O)OC. The van der Waals surface area contributed by atoms with Gasteiger partial charge in [-0.15, -0.1) is 6.42 Å². The highest BCUT2D eigenvalue weighted by molar-refractivity contribution is 5.95. The van der Waals surface area contributed by atoms with Gasteiger partial charge in [-0.3, -0.25) is 4.79 Å². The van der Waals surface area contributed by atoms with Gasteiger partial charge in [0.15, 0.2) is 0 Å². The van der Waals surface area contributed by atoms with E-state index >= 15 is 0 Å². The predicted octanol–water partition coefficient (Wildman–Crippen LogP) is 0.226. The van der Waals surface area contributed by atoms with Crippen LogP contribution >= 0.6 is 0 Å². The largest absolute Gasteiger partial charge is 0.508 e. The van der Waals surface area contributed by atoms with Gasteiger partial charge in [-0.05, 0) is 23.6 Å². The van der Waals surface area contributed by atoms with Crippen LogP contribution in [-0.2, 0) is 20.7 Å². The second-order valence-corrected chi connectivity index (χ2v) is 3.56. The number of phenols is 1. The molecule has 0 aliphatic heterocycles. The predicted molar refractivity (Wildman–Crippen MR) is 64.6 cm³/mol. The van der Waals surface area contributed by atoms with E-state index < -0.39 is 17.9 Å². The van der Waals surface area contributed by atoms with Crippen molar-refractivity contribution in [3.8, 4) is 18.1 Å². The molecule has 0 heterocycles. The van der Waals surface area contributed by atoms with Crippen LogP contribution in [0.15, 0.2) is 24.3 Å². The number of carbonyl (C=O) groups excluding carboxylic acids is 2. The number of carbonyl (C=O) groups is 2. The van der Waals surface area contributed by atoms with E-state index in [0.717, 1.165) is 5.56 Å². The Hall–Kier alpha value is -2.48. The maximum Gasteiger partial charge on any atom is 0.328 e. The van der Waals surface area contributed by atoms with Crippen molar-refractivity contribution in [3.05, 3.63) is 29.8 Å². The fourth-order valence-corrected chi connectivity index (χ4v) is 1.40. The maximum atomic E-state index is 11.5. The van der Waals surface area contributed by atoms with Crippen molar-refractivity contribution in [2.75, 3.05) is 7.11 Å². The summed E-state index contributed by atoms with van der Waals surface area (Å²) in [6.07, 6.45) is 5.16. The Morgan fingerprint density at radius 2 is 2.06 bits per heavy atom. The fraction of sp³-hybridized carbons (Fsp3) is 0.231. The lowest BCUT2D eigenvalue weighted by molar-refractivity contribution is -0.144. The first-order valence-electron chi connectivity index (χ1n) is 5.19. The number of benzene rings is 1. The van der Waals surface area contributed by atoms with Crippen LogP contribution in [0.4, 0.5) is 0 Å². The molecule has 0 saturated heterocycles. The molecule has 0 fully saturated rings. The van der Waals surface area contributed by atoms with Gasteiger partial charge in [0.1, 0.15) is 11.8 Å². The van der Waals surface area contributed by atoms with Gasteiger partial charge in [-0.1, -0.05) is 12.1 Å². The van der Waals surface area contributed by atoms with E-state index in [1.165, 1.54) is 19.2 Å². The lowest BCUT2D eigenvalue weighted by Gasteiger charge is -2.14. The lowest BCUT2D eigenvalue weighted by Crippen LogP contribution is -2.42. The molecule has 1 aromatic rings. The first kappa shape index (κ1) is 13.6. The number of hydrogen-bond acceptors (Lipinski definition) is 4. The van der Waals surface area contributed by atoms with E-state index in [2.05, 4.69) is 10.1 Å². The molecule has 5 nitrogen and oxygen atoms in total. The van der Waals surface area contributed by atoms with Crippen molar-refractivity contribution in [2.45, 2.75) is 12.5 Å². The van der Waals surface area contributed by atoms with Crippen LogP contribution in [0.3, 0.4) is 0 Å². The Balaban J connectivity index is 2.78. The number of ether oxygens (including phenoxy) is 1. The van der Waals surface area contributed by atoms with Crippen LogP contribution in [0, 0.1) is 12.3 Å². The number of nitrogens with one attached hydrogen (secondary N) is 1. The van der Waals surface area contributed by atoms with Gasteiger partial charge in [0.2, 0.25) is 0 Å². The zero-order valence-corrected chi connectivity index (χ0v) is 9.84. The van der Waals surface area contributed by atoms with Crippen LogP contribution in [-0.4, -0.2) is 30.1 Å². The number of rotatable bonds is 4. The molecule has 0 saturated carbocycles. The number of aromatic hydroxyl groups is 1. The zero-order valence-electron chi connectivity index (χ0n) is 9.84. The van der Waals surface area contributed by atoms with Gasteiger partial charge in [0.25, 0.3) is 5.91 Å². The van der Waals surface area contributed by atoms with Crippen LogP contribution in [0.2, 0.25) is 0 Å². The van der Waals surface area contributed by atoms with E-state index in [1.807, 2.05) is 5.92 Å². The molecule has 0 bridgehead atoms. The van der Waals surface area contributed by atoms with E-state index in [-0.39, 0.29) is 12.2 Å². The molecule has 0 radical (unpaired) electrons. The number of phenolic OH excluding ortho intramolecular Hbond substituents is 1. The molecule has 5 heteroatoms. The third-order valence-electron chi connectivity index (χ3n) is 2.30. The molecule has 2 N–H and O–H groups in total. The van der Waals surface area contributed by atoms with Crippen LogP contribution in [0.25, 0.3) is 0 Å².